The molecule has 2 nitrogen and oxygen atoms in total. The van der Waals surface area contributed by atoms with E-state index in [1.54, 1.807) is 4.90 Å². The van der Waals surface area contributed by atoms with Crippen molar-refractivity contribution in [2.24, 2.45) is 0 Å². The fraction of sp³-hybridized carbons (Fsp3) is 1.00. The molecule has 0 aromatic heterocycles. The second-order valence-electron chi connectivity index (χ2n) is 3.28. The van der Waals surface area contributed by atoms with Crippen LogP contribution in [0.1, 0.15) is 26.2 Å². The average Bonchev–Trinajstić information content (AvgIpc) is 2.08. The molecule has 0 atom stereocenters. The highest BCUT2D eigenvalue weighted by atomic mass is 19.4. The molecule has 0 aliphatic carbocycles. The number of halogens is 3. The van der Waals surface area contributed by atoms with Crippen LogP contribution in [-0.2, 0) is 0 Å². The monoisotopic (exact) mass is 213 g/mol. The summed E-state index contributed by atoms with van der Waals surface area (Å²) in [5.41, 5.74) is 0. The largest absolute Gasteiger partial charge is 0.395 e. The quantitative estimate of drug-likeness (QED) is 0.699. The van der Waals surface area contributed by atoms with Crippen molar-refractivity contribution in [3.8, 4) is 0 Å². The molecule has 0 radical (unpaired) electrons. The van der Waals surface area contributed by atoms with Crippen molar-refractivity contribution in [1.29, 1.82) is 0 Å². The van der Waals surface area contributed by atoms with E-state index < -0.39 is 12.6 Å². The van der Waals surface area contributed by atoms with Gasteiger partial charge in [0, 0.05) is 13.1 Å². The van der Waals surface area contributed by atoms with E-state index in [4.69, 9.17) is 5.11 Å². The van der Waals surface area contributed by atoms with Crippen molar-refractivity contribution >= 4 is 0 Å². The molecule has 0 unspecified atom stereocenters. The average molecular weight is 213 g/mol. The van der Waals surface area contributed by atoms with Gasteiger partial charge in [-0.05, 0) is 13.0 Å². The number of aliphatic hydroxyl groups excluding tert-OH is 1. The molecule has 0 amide bonds. The summed E-state index contributed by atoms with van der Waals surface area (Å²) >= 11 is 0. The van der Waals surface area contributed by atoms with Gasteiger partial charge in [0.15, 0.2) is 0 Å². The van der Waals surface area contributed by atoms with Crippen LogP contribution in [0.5, 0.6) is 0 Å². The maximum Gasteiger partial charge on any atom is 0.390 e. The van der Waals surface area contributed by atoms with E-state index in [9.17, 15) is 13.2 Å². The first kappa shape index (κ1) is 13.7. The lowest BCUT2D eigenvalue weighted by atomic mass is 10.3. The lowest BCUT2D eigenvalue weighted by Crippen LogP contribution is -2.31. The van der Waals surface area contributed by atoms with Gasteiger partial charge in [0.1, 0.15) is 0 Å². The number of alkyl halides is 3. The Labute approximate surface area is 82.7 Å². The summed E-state index contributed by atoms with van der Waals surface area (Å²) in [5.74, 6) is 0. The molecule has 5 heteroatoms. The minimum Gasteiger partial charge on any atom is -0.395 e. The molecule has 0 saturated heterocycles. The molecule has 1 N–H and O–H groups in total. The van der Waals surface area contributed by atoms with Gasteiger partial charge in [0.25, 0.3) is 0 Å². The standard InChI is InChI=1S/C9H18F3NO/c1-2-3-5-13(7-8-14)6-4-9(10,11)12/h14H,2-8H2,1H3. The molecule has 86 valence electrons. The number of hydrogen-bond donors (Lipinski definition) is 1. The lowest BCUT2D eigenvalue weighted by Gasteiger charge is -2.21. The van der Waals surface area contributed by atoms with Crippen LogP contribution in [0.2, 0.25) is 0 Å². The third-order valence-corrected chi connectivity index (χ3v) is 1.96. The fourth-order valence-corrected chi connectivity index (χ4v) is 1.14. The van der Waals surface area contributed by atoms with E-state index in [-0.39, 0.29) is 13.2 Å². The Balaban J connectivity index is 3.72. The van der Waals surface area contributed by atoms with E-state index in [0.717, 1.165) is 12.8 Å². The highest BCUT2D eigenvalue weighted by molar-refractivity contribution is 4.60. The van der Waals surface area contributed by atoms with Crippen molar-refractivity contribution in [2.75, 3.05) is 26.2 Å². The van der Waals surface area contributed by atoms with Crippen molar-refractivity contribution in [2.45, 2.75) is 32.4 Å². The Morgan fingerprint density at radius 3 is 2.21 bits per heavy atom. The lowest BCUT2D eigenvalue weighted by molar-refractivity contribution is -0.138. The summed E-state index contributed by atoms with van der Waals surface area (Å²) in [7, 11) is 0. The van der Waals surface area contributed by atoms with E-state index in [0.29, 0.717) is 13.1 Å². The molecule has 0 aromatic rings. The second kappa shape index (κ2) is 7.06. The Hall–Kier alpha value is -0.290. The van der Waals surface area contributed by atoms with Crippen molar-refractivity contribution in [3.05, 3.63) is 0 Å². The zero-order chi connectivity index (χ0) is 11.0. The van der Waals surface area contributed by atoms with E-state index >= 15 is 0 Å². The van der Waals surface area contributed by atoms with Gasteiger partial charge in [-0.3, -0.25) is 0 Å². The highest BCUT2D eigenvalue weighted by Crippen LogP contribution is 2.19. The Bertz CT molecular complexity index is 139. The minimum atomic E-state index is -4.10. The van der Waals surface area contributed by atoms with Gasteiger partial charge in [-0.2, -0.15) is 13.2 Å². The third-order valence-electron chi connectivity index (χ3n) is 1.96. The zero-order valence-corrected chi connectivity index (χ0v) is 8.48. The fourth-order valence-electron chi connectivity index (χ4n) is 1.14. The first-order valence-corrected chi connectivity index (χ1v) is 4.89. The molecule has 0 rings (SSSR count). The maximum atomic E-state index is 11.9. The SMILES string of the molecule is CCCCN(CCO)CCC(F)(F)F. The van der Waals surface area contributed by atoms with Crippen LogP contribution >= 0.6 is 0 Å². The third kappa shape index (κ3) is 8.31. The van der Waals surface area contributed by atoms with E-state index in [1.165, 1.54) is 0 Å². The van der Waals surface area contributed by atoms with Crippen molar-refractivity contribution in [3.63, 3.8) is 0 Å². The van der Waals surface area contributed by atoms with Crippen LogP contribution in [0.15, 0.2) is 0 Å². The van der Waals surface area contributed by atoms with Gasteiger partial charge in [-0.25, -0.2) is 0 Å². The van der Waals surface area contributed by atoms with Crippen LogP contribution in [0.25, 0.3) is 0 Å². The molecular weight excluding hydrogens is 195 g/mol. The van der Waals surface area contributed by atoms with Gasteiger partial charge in [0.05, 0.1) is 13.0 Å². The number of hydrogen-bond acceptors (Lipinski definition) is 2. The van der Waals surface area contributed by atoms with Crippen LogP contribution < -0.4 is 0 Å². The second-order valence-corrected chi connectivity index (χ2v) is 3.28. The summed E-state index contributed by atoms with van der Waals surface area (Å²) in [5, 5.41) is 8.64. The summed E-state index contributed by atoms with van der Waals surface area (Å²) in [6.45, 7) is 2.86. The number of nitrogens with zero attached hydrogens (tertiary/aromatic N) is 1. The smallest absolute Gasteiger partial charge is 0.390 e. The van der Waals surface area contributed by atoms with Gasteiger partial charge in [0.2, 0.25) is 0 Å². The number of rotatable bonds is 7. The van der Waals surface area contributed by atoms with Gasteiger partial charge in [-0.1, -0.05) is 13.3 Å². The first-order chi connectivity index (χ1) is 6.49. The predicted octanol–water partition coefficient (Wildman–Crippen LogP) is 2.03. The normalized spacial score (nSPS) is 12.4. The molecule has 0 bridgehead atoms. The molecule has 0 aliphatic heterocycles. The van der Waals surface area contributed by atoms with Crippen LogP contribution in [0.3, 0.4) is 0 Å². The summed E-state index contributed by atoms with van der Waals surface area (Å²) < 4.78 is 35.7. The first-order valence-electron chi connectivity index (χ1n) is 4.89. The van der Waals surface area contributed by atoms with Crippen LogP contribution in [0.4, 0.5) is 13.2 Å². The highest BCUT2D eigenvalue weighted by Gasteiger charge is 2.27. The molecule has 0 saturated carbocycles. The molecule has 0 spiro atoms. The van der Waals surface area contributed by atoms with Crippen molar-refractivity contribution in [1.82, 2.24) is 4.90 Å². The minimum absolute atomic E-state index is 0.00986. The summed E-state index contributed by atoms with van der Waals surface area (Å²) in [6.07, 6.45) is -3.07. The number of aliphatic hydroxyl groups is 1. The molecular formula is C9H18F3NO. The molecule has 0 heterocycles. The Morgan fingerprint density at radius 1 is 1.14 bits per heavy atom. The number of unbranched alkanes of at least 4 members (excludes halogenated alkanes) is 1. The Morgan fingerprint density at radius 2 is 1.79 bits per heavy atom. The van der Waals surface area contributed by atoms with E-state index in [1.807, 2.05) is 6.92 Å². The van der Waals surface area contributed by atoms with Gasteiger partial charge in [-0.15, -0.1) is 0 Å². The summed E-state index contributed by atoms with van der Waals surface area (Å²) in [4.78, 5) is 1.65. The topological polar surface area (TPSA) is 23.5 Å². The molecule has 0 aliphatic rings. The molecule has 0 fully saturated rings. The van der Waals surface area contributed by atoms with E-state index in [2.05, 4.69) is 0 Å². The molecule has 14 heavy (non-hydrogen) atoms. The molecule has 0 aromatic carbocycles. The summed E-state index contributed by atoms with van der Waals surface area (Å²) in [6, 6.07) is 0. The van der Waals surface area contributed by atoms with Crippen LogP contribution in [0, 0.1) is 0 Å². The van der Waals surface area contributed by atoms with Crippen LogP contribution in [-0.4, -0.2) is 42.4 Å². The Kier molecular flexibility index (Phi) is 6.92. The maximum absolute atomic E-state index is 11.9. The van der Waals surface area contributed by atoms with Gasteiger partial charge < -0.3 is 10.0 Å². The predicted molar refractivity (Wildman–Crippen MR) is 49.1 cm³/mol. The zero-order valence-electron chi connectivity index (χ0n) is 8.48. The van der Waals surface area contributed by atoms with Crippen molar-refractivity contribution < 1.29 is 18.3 Å². The van der Waals surface area contributed by atoms with Gasteiger partial charge >= 0.3 is 6.18 Å².